The first-order valence-corrected chi connectivity index (χ1v) is 13.0. The molecule has 1 unspecified atom stereocenters. The Bertz CT molecular complexity index is 1080. The summed E-state index contributed by atoms with van der Waals surface area (Å²) in [6, 6.07) is 10.1. The predicted octanol–water partition coefficient (Wildman–Crippen LogP) is 4.46. The highest BCUT2D eigenvalue weighted by Gasteiger charge is 2.27. The molecule has 2 aromatic carbocycles. The third-order valence-electron chi connectivity index (χ3n) is 5.82. The van der Waals surface area contributed by atoms with E-state index in [1.54, 1.807) is 19.1 Å². The number of rotatable bonds is 9. The van der Waals surface area contributed by atoms with Crippen LogP contribution in [0.3, 0.4) is 0 Å². The van der Waals surface area contributed by atoms with Gasteiger partial charge in [-0.2, -0.15) is 4.31 Å². The summed E-state index contributed by atoms with van der Waals surface area (Å²) >= 11 is 0. The fourth-order valence-corrected chi connectivity index (χ4v) is 5.50. The van der Waals surface area contributed by atoms with E-state index in [2.05, 4.69) is 5.32 Å². The van der Waals surface area contributed by atoms with Crippen molar-refractivity contribution in [2.45, 2.75) is 57.9 Å². The largest absolute Gasteiger partial charge is 0.490 e. The Kier molecular flexibility index (Phi) is 8.37. The van der Waals surface area contributed by atoms with E-state index >= 15 is 0 Å². The maximum absolute atomic E-state index is 13.1. The van der Waals surface area contributed by atoms with Crippen LogP contribution in [-0.2, 0) is 10.0 Å². The van der Waals surface area contributed by atoms with Gasteiger partial charge in [-0.1, -0.05) is 18.6 Å². The molecule has 0 radical (unpaired) electrons. The van der Waals surface area contributed by atoms with Crippen LogP contribution in [0.5, 0.6) is 11.5 Å². The molecule has 8 heteroatoms. The van der Waals surface area contributed by atoms with E-state index in [0.717, 1.165) is 30.4 Å². The van der Waals surface area contributed by atoms with E-state index in [-0.39, 0.29) is 16.8 Å². The average molecular weight is 475 g/mol. The maximum Gasteiger partial charge on any atom is 0.252 e. The van der Waals surface area contributed by atoms with Crippen LogP contribution >= 0.6 is 0 Å². The van der Waals surface area contributed by atoms with Crippen LogP contribution in [0, 0.1) is 6.92 Å². The Balaban J connectivity index is 1.81. The molecule has 0 aliphatic carbocycles. The molecule has 0 spiro atoms. The molecule has 7 nitrogen and oxygen atoms in total. The number of hydrogen-bond donors (Lipinski definition) is 1. The third-order valence-corrected chi connectivity index (χ3v) is 7.72. The van der Waals surface area contributed by atoms with Crippen LogP contribution in [-0.4, -0.2) is 44.9 Å². The number of nitrogens with one attached hydrogen (secondary N) is 1. The molecule has 1 fully saturated rings. The lowest BCUT2D eigenvalue weighted by atomic mass is 10.1. The highest BCUT2D eigenvalue weighted by atomic mass is 32.2. The monoisotopic (exact) mass is 474 g/mol. The molecule has 1 aliphatic rings. The standard InChI is InChI=1S/C25H34N2O5S/c1-5-31-23-13-11-20(16-24(23)32-6-2)19(4)26-25(28)22-17-21(12-10-18(22)3)33(29,30)27-14-8-7-9-15-27/h10-13,16-17,19H,5-9,14-15H2,1-4H3,(H,26,28). The van der Waals surface area contributed by atoms with Crippen LogP contribution < -0.4 is 14.8 Å². The van der Waals surface area contributed by atoms with Crippen molar-refractivity contribution >= 4 is 15.9 Å². The molecule has 1 aliphatic heterocycles. The van der Waals surface area contributed by atoms with Gasteiger partial charge in [0.25, 0.3) is 5.91 Å². The fourth-order valence-electron chi connectivity index (χ4n) is 3.96. The minimum absolute atomic E-state index is 0.160. The molecule has 1 heterocycles. The summed E-state index contributed by atoms with van der Waals surface area (Å²) in [5.74, 6) is 0.972. The molecule has 1 amide bonds. The van der Waals surface area contributed by atoms with Crippen LogP contribution in [0.4, 0.5) is 0 Å². The van der Waals surface area contributed by atoms with Gasteiger partial charge in [0, 0.05) is 18.7 Å². The number of carbonyl (C=O) groups is 1. The molecule has 180 valence electrons. The Morgan fingerprint density at radius 3 is 2.33 bits per heavy atom. The molecule has 2 aromatic rings. The number of hydrogen-bond acceptors (Lipinski definition) is 5. The number of nitrogens with zero attached hydrogens (tertiary/aromatic N) is 1. The summed E-state index contributed by atoms with van der Waals surface area (Å²) in [5.41, 5.74) is 1.94. The number of sulfonamides is 1. The van der Waals surface area contributed by atoms with E-state index in [4.69, 9.17) is 9.47 Å². The second kappa shape index (κ2) is 11.0. The number of aryl methyl sites for hydroxylation is 1. The number of piperidine rings is 1. The summed E-state index contributed by atoms with van der Waals surface area (Å²) in [6.07, 6.45) is 2.77. The summed E-state index contributed by atoms with van der Waals surface area (Å²) in [4.78, 5) is 13.3. The number of ether oxygens (including phenoxy) is 2. The van der Waals surface area contributed by atoms with Crippen molar-refractivity contribution in [3.63, 3.8) is 0 Å². The van der Waals surface area contributed by atoms with Gasteiger partial charge in [-0.3, -0.25) is 4.79 Å². The Labute approximate surface area is 197 Å². The van der Waals surface area contributed by atoms with Crippen molar-refractivity contribution in [3.05, 3.63) is 53.1 Å². The number of carbonyl (C=O) groups excluding carboxylic acids is 1. The zero-order valence-corrected chi connectivity index (χ0v) is 20.7. The molecule has 1 saturated heterocycles. The summed E-state index contributed by atoms with van der Waals surface area (Å²) < 4.78 is 39.0. The Morgan fingerprint density at radius 1 is 1.00 bits per heavy atom. The molecule has 0 aromatic heterocycles. The number of amides is 1. The van der Waals surface area contributed by atoms with E-state index in [9.17, 15) is 13.2 Å². The van der Waals surface area contributed by atoms with Gasteiger partial charge >= 0.3 is 0 Å². The van der Waals surface area contributed by atoms with Crippen LogP contribution in [0.15, 0.2) is 41.3 Å². The molecule has 33 heavy (non-hydrogen) atoms. The predicted molar refractivity (Wildman–Crippen MR) is 128 cm³/mol. The van der Waals surface area contributed by atoms with E-state index in [1.807, 2.05) is 39.0 Å². The average Bonchev–Trinajstić information content (AvgIpc) is 2.81. The second-order valence-electron chi connectivity index (χ2n) is 8.21. The molecule has 3 rings (SSSR count). The minimum Gasteiger partial charge on any atom is -0.490 e. The highest BCUT2D eigenvalue weighted by molar-refractivity contribution is 7.89. The molecule has 1 N–H and O–H groups in total. The lowest BCUT2D eigenvalue weighted by molar-refractivity contribution is 0.0939. The summed E-state index contributed by atoms with van der Waals surface area (Å²) in [7, 11) is -3.61. The van der Waals surface area contributed by atoms with Gasteiger partial charge in [0.05, 0.1) is 24.2 Å². The Hall–Kier alpha value is -2.58. The second-order valence-corrected chi connectivity index (χ2v) is 10.1. The van der Waals surface area contributed by atoms with Gasteiger partial charge in [-0.25, -0.2) is 8.42 Å². The molecule has 0 bridgehead atoms. The molecule has 1 atom stereocenters. The first-order valence-electron chi connectivity index (χ1n) is 11.6. The van der Waals surface area contributed by atoms with Crippen molar-refractivity contribution in [2.75, 3.05) is 26.3 Å². The van der Waals surface area contributed by atoms with Crippen molar-refractivity contribution in [2.24, 2.45) is 0 Å². The van der Waals surface area contributed by atoms with E-state index < -0.39 is 10.0 Å². The quantitative estimate of drug-likeness (QED) is 0.580. The van der Waals surface area contributed by atoms with Crippen molar-refractivity contribution < 1.29 is 22.7 Å². The van der Waals surface area contributed by atoms with Gasteiger partial charge < -0.3 is 14.8 Å². The maximum atomic E-state index is 13.1. The zero-order chi connectivity index (χ0) is 24.0. The molecule has 0 saturated carbocycles. The number of benzene rings is 2. The molecular weight excluding hydrogens is 440 g/mol. The van der Waals surface area contributed by atoms with E-state index in [0.29, 0.717) is 43.4 Å². The van der Waals surface area contributed by atoms with Crippen LogP contribution in [0.25, 0.3) is 0 Å². The van der Waals surface area contributed by atoms with Crippen LogP contribution in [0.1, 0.15) is 67.6 Å². The van der Waals surface area contributed by atoms with Gasteiger partial charge in [0.1, 0.15) is 0 Å². The lowest BCUT2D eigenvalue weighted by Gasteiger charge is -2.26. The lowest BCUT2D eigenvalue weighted by Crippen LogP contribution is -2.35. The normalized spacial score (nSPS) is 15.6. The summed E-state index contributed by atoms with van der Waals surface area (Å²) in [6.45, 7) is 9.58. The SMILES string of the molecule is CCOc1ccc(C(C)NC(=O)c2cc(S(=O)(=O)N3CCCCC3)ccc2C)cc1OCC. The summed E-state index contributed by atoms with van der Waals surface area (Å²) in [5, 5.41) is 2.99. The van der Waals surface area contributed by atoms with Crippen LogP contribution in [0.2, 0.25) is 0 Å². The zero-order valence-electron chi connectivity index (χ0n) is 19.9. The third kappa shape index (κ3) is 5.86. The van der Waals surface area contributed by atoms with Gasteiger partial charge in [0.15, 0.2) is 11.5 Å². The van der Waals surface area contributed by atoms with Gasteiger partial charge in [-0.15, -0.1) is 0 Å². The topological polar surface area (TPSA) is 84.9 Å². The minimum atomic E-state index is -3.61. The smallest absolute Gasteiger partial charge is 0.252 e. The first kappa shape index (κ1) is 25.1. The van der Waals surface area contributed by atoms with Crippen molar-refractivity contribution in [1.82, 2.24) is 9.62 Å². The Morgan fingerprint density at radius 2 is 1.67 bits per heavy atom. The van der Waals surface area contributed by atoms with Crippen molar-refractivity contribution in [1.29, 1.82) is 0 Å². The first-order chi connectivity index (χ1) is 15.8. The van der Waals surface area contributed by atoms with E-state index in [1.165, 1.54) is 10.4 Å². The van der Waals surface area contributed by atoms with Crippen molar-refractivity contribution in [3.8, 4) is 11.5 Å². The fraction of sp³-hybridized carbons (Fsp3) is 0.480. The van der Waals surface area contributed by atoms with Gasteiger partial charge in [0.2, 0.25) is 10.0 Å². The highest BCUT2D eigenvalue weighted by Crippen LogP contribution is 2.31. The van der Waals surface area contributed by atoms with Gasteiger partial charge in [-0.05, 0) is 75.9 Å². The molecular formula is C25H34N2O5S.